The average molecular weight is 347 g/mol. The lowest BCUT2D eigenvalue weighted by Gasteiger charge is -2.18. The zero-order valence-corrected chi connectivity index (χ0v) is 13.4. The molecule has 0 N–H and O–H groups in total. The second-order valence-corrected chi connectivity index (χ2v) is 5.41. The van der Waals surface area contributed by atoms with Crippen molar-refractivity contribution in [3.8, 4) is 0 Å². The molecule has 1 amide bonds. The number of rotatable bonds is 5. The molecule has 0 unspecified atom stereocenters. The minimum atomic E-state index is -0.782. The Morgan fingerprint density at radius 3 is 2.12 bits per heavy atom. The number of halogens is 1. The molecule has 0 saturated carbocycles. The Morgan fingerprint density at radius 2 is 1.64 bits per heavy atom. The average Bonchev–Trinajstić information content (AvgIpc) is 2.55. The molecule has 9 heteroatoms. The molecule has 25 heavy (non-hydrogen) atoms. The fraction of sp³-hybridized carbons (Fsp3) is 0.188. The first-order chi connectivity index (χ1) is 11.7. The second kappa shape index (κ2) is 7.04. The Kier molecular flexibility index (Phi) is 5.06. The van der Waals surface area contributed by atoms with E-state index in [0.29, 0.717) is 0 Å². The number of nitro groups is 2. The van der Waals surface area contributed by atoms with E-state index < -0.39 is 32.9 Å². The molecule has 0 bridgehead atoms. The highest BCUT2D eigenvalue weighted by atomic mass is 19.1. The van der Waals surface area contributed by atoms with Crippen LogP contribution in [0.15, 0.2) is 36.4 Å². The molecule has 8 nitrogen and oxygen atoms in total. The van der Waals surface area contributed by atoms with Crippen LogP contribution < -0.4 is 0 Å². The van der Waals surface area contributed by atoms with Gasteiger partial charge in [0.05, 0.1) is 15.4 Å². The Bertz CT molecular complexity index is 834. The van der Waals surface area contributed by atoms with Crippen LogP contribution in [0.5, 0.6) is 0 Å². The number of amides is 1. The van der Waals surface area contributed by atoms with Crippen molar-refractivity contribution < 1.29 is 19.0 Å². The number of hydrogen-bond acceptors (Lipinski definition) is 5. The van der Waals surface area contributed by atoms with Crippen molar-refractivity contribution in [1.82, 2.24) is 4.90 Å². The predicted octanol–water partition coefficient (Wildman–Crippen LogP) is 3.22. The van der Waals surface area contributed by atoms with E-state index in [1.807, 2.05) is 0 Å². The highest BCUT2D eigenvalue weighted by Crippen LogP contribution is 2.30. The van der Waals surface area contributed by atoms with Crippen molar-refractivity contribution in [3.63, 3.8) is 0 Å². The molecule has 2 rings (SSSR count). The lowest BCUT2D eigenvalue weighted by Crippen LogP contribution is -2.26. The molecular weight excluding hydrogens is 333 g/mol. The van der Waals surface area contributed by atoms with Crippen molar-refractivity contribution in [2.24, 2.45) is 0 Å². The SMILES string of the molecule is Cc1c([N+](=O)[O-])cc(C(=O)N(C)Cc2ccccc2F)cc1[N+](=O)[O-]. The van der Waals surface area contributed by atoms with Gasteiger partial charge in [0.1, 0.15) is 11.4 Å². The van der Waals surface area contributed by atoms with Gasteiger partial charge in [0, 0.05) is 31.3 Å². The summed E-state index contributed by atoms with van der Waals surface area (Å²) in [4.78, 5) is 34.2. The summed E-state index contributed by atoms with van der Waals surface area (Å²) < 4.78 is 13.7. The summed E-state index contributed by atoms with van der Waals surface area (Å²) in [5.74, 6) is -1.18. The number of benzene rings is 2. The summed E-state index contributed by atoms with van der Waals surface area (Å²) in [5.41, 5.74) is -1.12. The van der Waals surface area contributed by atoms with Gasteiger partial charge in [0.15, 0.2) is 0 Å². The van der Waals surface area contributed by atoms with Crippen LogP contribution in [0.4, 0.5) is 15.8 Å². The number of nitro benzene ring substituents is 2. The van der Waals surface area contributed by atoms with Crippen LogP contribution in [0, 0.1) is 33.0 Å². The molecule has 130 valence electrons. The number of carbonyl (C=O) groups is 1. The number of hydrogen-bond donors (Lipinski definition) is 0. The molecule has 0 aliphatic rings. The molecule has 0 heterocycles. The highest BCUT2D eigenvalue weighted by Gasteiger charge is 2.26. The van der Waals surface area contributed by atoms with Gasteiger partial charge in [-0.3, -0.25) is 25.0 Å². The summed E-state index contributed by atoms with van der Waals surface area (Å²) in [7, 11) is 1.38. The number of nitrogens with zero attached hydrogens (tertiary/aromatic N) is 3. The van der Waals surface area contributed by atoms with Crippen molar-refractivity contribution in [2.75, 3.05) is 7.05 Å². The van der Waals surface area contributed by atoms with Gasteiger partial charge in [-0.2, -0.15) is 0 Å². The van der Waals surface area contributed by atoms with Crippen LogP contribution in [-0.2, 0) is 6.54 Å². The zero-order chi connectivity index (χ0) is 18.7. The summed E-state index contributed by atoms with van der Waals surface area (Å²) in [6, 6.07) is 7.84. The number of carbonyl (C=O) groups excluding carboxylic acids is 1. The summed E-state index contributed by atoms with van der Waals surface area (Å²) in [6.45, 7) is 1.16. The van der Waals surface area contributed by atoms with Crippen LogP contribution in [0.3, 0.4) is 0 Å². The van der Waals surface area contributed by atoms with E-state index in [0.717, 1.165) is 17.0 Å². The van der Waals surface area contributed by atoms with E-state index in [9.17, 15) is 29.4 Å². The van der Waals surface area contributed by atoms with Crippen molar-refractivity contribution >= 4 is 17.3 Å². The van der Waals surface area contributed by atoms with E-state index in [1.54, 1.807) is 6.07 Å². The van der Waals surface area contributed by atoms with Crippen molar-refractivity contribution in [3.05, 3.63) is 79.1 Å². The Balaban J connectivity index is 2.40. The first-order valence-electron chi connectivity index (χ1n) is 7.14. The standard InChI is InChI=1S/C16H14FN3O5/c1-10-14(19(22)23)7-12(8-15(10)20(24)25)16(21)18(2)9-11-5-3-4-6-13(11)17/h3-8H,9H2,1-2H3. The fourth-order valence-electron chi connectivity index (χ4n) is 2.36. The molecule has 0 aromatic heterocycles. The molecule has 2 aromatic carbocycles. The Morgan fingerprint density at radius 1 is 1.12 bits per heavy atom. The van der Waals surface area contributed by atoms with Crippen molar-refractivity contribution in [1.29, 1.82) is 0 Å². The topological polar surface area (TPSA) is 107 Å². The van der Waals surface area contributed by atoms with E-state index in [-0.39, 0.29) is 23.2 Å². The Labute approximate surface area is 141 Å². The molecule has 0 radical (unpaired) electrons. The predicted molar refractivity (Wildman–Crippen MR) is 86.7 cm³/mol. The second-order valence-electron chi connectivity index (χ2n) is 5.41. The smallest absolute Gasteiger partial charge is 0.279 e. The molecule has 0 aliphatic carbocycles. The third kappa shape index (κ3) is 3.77. The van der Waals surface area contributed by atoms with Gasteiger partial charge in [-0.05, 0) is 13.0 Å². The third-order valence-corrected chi connectivity index (χ3v) is 3.71. The first-order valence-corrected chi connectivity index (χ1v) is 7.14. The largest absolute Gasteiger partial charge is 0.337 e. The lowest BCUT2D eigenvalue weighted by molar-refractivity contribution is -0.395. The van der Waals surface area contributed by atoms with E-state index in [2.05, 4.69) is 0 Å². The molecule has 0 spiro atoms. The van der Waals surface area contributed by atoms with Gasteiger partial charge in [0.25, 0.3) is 17.3 Å². The van der Waals surface area contributed by atoms with Gasteiger partial charge >= 0.3 is 0 Å². The van der Waals surface area contributed by atoms with Crippen LogP contribution in [0.2, 0.25) is 0 Å². The maximum atomic E-state index is 13.7. The summed E-state index contributed by atoms with van der Waals surface area (Å²) in [5, 5.41) is 22.2. The fourth-order valence-corrected chi connectivity index (χ4v) is 2.36. The van der Waals surface area contributed by atoms with Gasteiger partial charge in [-0.15, -0.1) is 0 Å². The lowest BCUT2D eigenvalue weighted by atomic mass is 10.1. The molecular formula is C16H14FN3O5. The van der Waals surface area contributed by atoms with Crippen LogP contribution in [-0.4, -0.2) is 27.7 Å². The molecule has 0 fully saturated rings. The quantitative estimate of drug-likeness (QED) is 0.610. The summed E-state index contributed by atoms with van der Waals surface area (Å²) >= 11 is 0. The minimum Gasteiger partial charge on any atom is -0.337 e. The molecule has 0 atom stereocenters. The molecule has 0 saturated heterocycles. The van der Waals surface area contributed by atoms with Crippen LogP contribution in [0.25, 0.3) is 0 Å². The van der Waals surface area contributed by atoms with Crippen LogP contribution in [0.1, 0.15) is 21.5 Å². The molecule has 0 aliphatic heterocycles. The minimum absolute atomic E-state index is 0.0824. The van der Waals surface area contributed by atoms with Gasteiger partial charge in [0.2, 0.25) is 0 Å². The van der Waals surface area contributed by atoms with Crippen molar-refractivity contribution in [2.45, 2.75) is 13.5 Å². The monoisotopic (exact) mass is 347 g/mol. The van der Waals surface area contributed by atoms with Crippen LogP contribution >= 0.6 is 0 Å². The van der Waals surface area contributed by atoms with Gasteiger partial charge in [-0.1, -0.05) is 18.2 Å². The van der Waals surface area contributed by atoms with E-state index in [4.69, 9.17) is 0 Å². The first kappa shape index (κ1) is 18.0. The van der Waals surface area contributed by atoms with Gasteiger partial charge < -0.3 is 4.90 Å². The maximum absolute atomic E-state index is 13.7. The Hall–Kier alpha value is -3.36. The zero-order valence-electron chi connectivity index (χ0n) is 13.4. The van der Waals surface area contributed by atoms with Gasteiger partial charge in [-0.25, -0.2) is 4.39 Å². The summed E-state index contributed by atoms with van der Waals surface area (Å²) in [6.07, 6.45) is 0. The molecule has 2 aromatic rings. The van der Waals surface area contributed by atoms with E-state index >= 15 is 0 Å². The highest BCUT2D eigenvalue weighted by molar-refractivity contribution is 5.95. The third-order valence-electron chi connectivity index (χ3n) is 3.71. The normalized spacial score (nSPS) is 10.4. The van der Waals surface area contributed by atoms with E-state index in [1.165, 1.54) is 32.2 Å². The maximum Gasteiger partial charge on any atom is 0.279 e.